The van der Waals surface area contributed by atoms with Gasteiger partial charge in [-0.15, -0.1) is 0 Å². The molecule has 21 heavy (non-hydrogen) atoms. The lowest BCUT2D eigenvalue weighted by Crippen LogP contribution is -2.38. The fourth-order valence-electron chi connectivity index (χ4n) is 2.91. The van der Waals surface area contributed by atoms with E-state index < -0.39 is 0 Å². The van der Waals surface area contributed by atoms with Crippen molar-refractivity contribution in [3.05, 3.63) is 48.0 Å². The smallest absolute Gasteiger partial charge is 0.257 e. The molecular weight excluding hydrogens is 264 g/mol. The molecule has 0 radical (unpaired) electrons. The van der Waals surface area contributed by atoms with Crippen LogP contribution in [0.2, 0.25) is 0 Å². The SMILES string of the molecule is Cn1cc(C(=O)N2CCC(Cc3ccncc3)CC2)cn1. The number of amides is 1. The summed E-state index contributed by atoms with van der Waals surface area (Å²) in [5, 5.41) is 4.07. The predicted octanol–water partition coefficient (Wildman–Crippen LogP) is 1.91. The van der Waals surface area contributed by atoms with E-state index in [1.165, 1.54) is 5.56 Å². The summed E-state index contributed by atoms with van der Waals surface area (Å²) in [6.07, 6.45) is 10.3. The minimum Gasteiger partial charge on any atom is -0.339 e. The van der Waals surface area contributed by atoms with Crippen LogP contribution in [0.3, 0.4) is 0 Å². The molecule has 0 aromatic carbocycles. The van der Waals surface area contributed by atoms with E-state index in [0.717, 1.165) is 32.4 Å². The van der Waals surface area contributed by atoms with Crippen LogP contribution in [-0.4, -0.2) is 38.7 Å². The van der Waals surface area contributed by atoms with Crippen LogP contribution in [0.25, 0.3) is 0 Å². The van der Waals surface area contributed by atoms with Crippen LogP contribution in [0.5, 0.6) is 0 Å². The quantitative estimate of drug-likeness (QED) is 0.865. The number of aromatic nitrogens is 3. The second kappa shape index (κ2) is 6.08. The fraction of sp³-hybridized carbons (Fsp3) is 0.438. The number of nitrogens with zero attached hydrogens (tertiary/aromatic N) is 4. The van der Waals surface area contributed by atoms with Gasteiger partial charge in [-0.3, -0.25) is 14.5 Å². The van der Waals surface area contributed by atoms with E-state index in [2.05, 4.69) is 22.2 Å². The number of carbonyl (C=O) groups excluding carboxylic acids is 1. The number of piperidine rings is 1. The Hall–Kier alpha value is -2.17. The molecular formula is C16H20N4O. The molecule has 1 saturated heterocycles. The highest BCUT2D eigenvalue weighted by Crippen LogP contribution is 2.22. The largest absolute Gasteiger partial charge is 0.339 e. The molecule has 5 heteroatoms. The molecule has 3 heterocycles. The maximum atomic E-state index is 12.3. The third-order valence-corrected chi connectivity index (χ3v) is 4.13. The van der Waals surface area contributed by atoms with Crippen molar-refractivity contribution in [3.8, 4) is 0 Å². The van der Waals surface area contributed by atoms with Crippen molar-refractivity contribution in [3.63, 3.8) is 0 Å². The molecule has 110 valence electrons. The lowest BCUT2D eigenvalue weighted by molar-refractivity contribution is 0.0690. The van der Waals surface area contributed by atoms with Crippen LogP contribution in [0, 0.1) is 5.92 Å². The zero-order valence-corrected chi connectivity index (χ0v) is 12.3. The van der Waals surface area contributed by atoms with Gasteiger partial charge in [0.1, 0.15) is 0 Å². The van der Waals surface area contributed by atoms with Gasteiger partial charge in [-0.25, -0.2) is 0 Å². The van der Waals surface area contributed by atoms with Crippen LogP contribution >= 0.6 is 0 Å². The van der Waals surface area contributed by atoms with E-state index >= 15 is 0 Å². The van der Waals surface area contributed by atoms with Gasteiger partial charge >= 0.3 is 0 Å². The van der Waals surface area contributed by atoms with Gasteiger partial charge in [-0.2, -0.15) is 5.10 Å². The van der Waals surface area contributed by atoms with Crippen molar-refractivity contribution in [1.29, 1.82) is 0 Å². The standard InChI is InChI=1S/C16H20N4O/c1-19-12-15(11-18-19)16(21)20-8-4-14(5-9-20)10-13-2-6-17-7-3-13/h2-3,6-7,11-12,14H,4-5,8-10H2,1H3. The minimum atomic E-state index is 0.102. The van der Waals surface area contributed by atoms with Crippen LogP contribution in [0.1, 0.15) is 28.8 Å². The first kappa shape index (κ1) is 13.8. The normalized spacial score (nSPS) is 16.1. The number of hydrogen-bond acceptors (Lipinski definition) is 3. The van der Waals surface area contributed by atoms with E-state index in [0.29, 0.717) is 11.5 Å². The van der Waals surface area contributed by atoms with E-state index in [1.807, 2.05) is 24.3 Å². The van der Waals surface area contributed by atoms with E-state index in [-0.39, 0.29) is 5.91 Å². The average Bonchev–Trinajstić information content (AvgIpc) is 2.95. The molecule has 2 aromatic rings. The monoisotopic (exact) mass is 284 g/mol. The third-order valence-electron chi connectivity index (χ3n) is 4.13. The molecule has 0 atom stereocenters. The molecule has 0 N–H and O–H groups in total. The highest BCUT2D eigenvalue weighted by molar-refractivity contribution is 5.93. The summed E-state index contributed by atoms with van der Waals surface area (Å²) >= 11 is 0. The van der Waals surface area contributed by atoms with Gasteiger partial charge in [0.25, 0.3) is 5.91 Å². The number of hydrogen-bond donors (Lipinski definition) is 0. The summed E-state index contributed by atoms with van der Waals surface area (Å²) < 4.78 is 1.67. The second-order valence-electron chi connectivity index (χ2n) is 5.70. The molecule has 0 aliphatic carbocycles. The molecule has 3 rings (SSSR count). The highest BCUT2D eigenvalue weighted by Gasteiger charge is 2.24. The Morgan fingerprint density at radius 1 is 1.29 bits per heavy atom. The fourth-order valence-corrected chi connectivity index (χ4v) is 2.91. The Balaban J connectivity index is 1.54. The summed E-state index contributed by atoms with van der Waals surface area (Å²) in [6, 6.07) is 4.15. The molecule has 1 aliphatic heterocycles. The van der Waals surface area contributed by atoms with Crippen molar-refractivity contribution >= 4 is 5.91 Å². The minimum absolute atomic E-state index is 0.102. The van der Waals surface area contributed by atoms with Crippen molar-refractivity contribution in [2.75, 3.05) is 13.1 Å². The van der Waals surface area contributed by atoms with Crippen LogP contribution < -0.4 is 0 Å². The van der Waals surface area contributed by atoms with E-state index in [4.69, 9.17) is 0 Å². The molecule has 2 aromatic heterocycles. The maximum Gasteiger partial charge on any atom is 0.257 e. The summed E-state index contributed by atoms with van der Waals surface area (Å²) in [5.74, 6) is 0.760. The summed E-state index contributed by atoms with van der Waals surface area (Å²) in [7, 11) is 1.83. The summed E-state index contributed by atoms with van der Waals surface area (Å²) in [6.45, 7) is 1.67. The first-order valence-corrected chi connectivity index (χ1v) is 7.39. The molecule has 1 amide bonds. The van der Waals surface area contributed by atoms with Crippen molar-refractivity contribution in [2.24, 2.45) is 13.0 Å². The third kappa shape index (κ3) is 3.29. The summed E-state index contributed by atoms with van der Waals surface area (Å²) in [4.78, 5) is 18.3. The molecule has 1 fully saturated rings. The Bertz CT molecular complexity index is 600. The predicted molar refractivity (Wildman–Crippen MR) is 79.8 cm³/mol. The van der Waals surface area contributed by atoms with Crippen molar-refractivity contribution in [2.45, 2.75) is 19.3 Å². The van der Waals surface area contributed by atoms with E-state index in [1.54, 1.807) is 17.1 Å². The highest BCUT2D eigenvalue weighted by atomic mass is 16.2. The number of carbonyl (C=O) groups is 1. The first-order valence-electron chi connectivity index (χ1n) is 7.39. The number of pyridine rings is 1. The first-order chi connectivity index (χ1) is 10.2. The van der Waals surface area contributed by atoms with Gasteiger partial charge in [0.2, 0.25) is 0 Å². The van der Waals surface area contributed by atoms with Gasteiger partial charge < -0.3 is 4.90 Å². The maximum absolute atomic E-state index is 12.3. The molecule has 1 aliphatic rings. The van der Waals surface area contributed by atoms with Gasteiger partial charge in [0, 0.05) is 38.7 Å². The Labute approximate surface area is 124 Å². The van der Waals surface area contributed by atoms with Crippen molar-refractivity contribution in [1.82, 2.24) is 19.7 Å². The molecule has 0 bridgehead atoms. The van der Waals surface area contributed by atoms with E-state index in [9.17, 15) is 4.79 Å². The van der Waals surface area contributed by atoms with Gasteiger partial charge in [0.05, 0.1) is 11.8 Å². The average molecular weight is 284 g/mol. The van der Waals surface area contributed by atoms with Crippen LogP contribution in [-0.2, 0) is 13.5 Å². The van der Waals surface area contributed by atoms with Crippen LogP contribution in [0.15, 0.2) is 36.9 Å². The lowest BCUT2D eigenvalue weighted by atomic mass is 9.90. The topological polar surface area (TPSA) is 51.0 Å². The molecule has 0 unspecified atom stereocenters. The zero-order valence-electron chi connectivity index (χ0n) is 12.3. The number of rotatable bonds is 3. The number of likely N-dealkylation sites (tertiary alicyclic amines) is 1. The summed E-state index contributed by atoms with van der Waals surface area (Å²) in [5.41, 5.74) is 2.02. The second-order valence-corrected chi connectivity index (χ2v) is 5.70. The number of aryl methyl sites for hydroxylation is 1. The Kier molecular flexibility index (Phi) is 3.99. The van der Waals surface area contributed by atoms with Crippen molar-refractivity contribution < 1.29 is 4.79 Å². The molecule has 0 saturated carbocycles. The Morgan fingerprint density at radius 2 is 2.00 bits per heavy atom. The Morgan fingerprint density at radius 3 is 2.62 bits per heavy atom. The van der Waals surface area contributed by atoms with Crippen LogP contribution in [0.4, 0.5) is 0 Å². The van der Waals surface area contributed by atoms with Gasteiger partial charge in [-0.1, -0.05) is 0 Å². The lowest BCUT2D eigenvalue weighted by Gasteiger charge is -2.31. The zero-order chi connectivity index (χ0) is 14.7. The van der Waals surface area contributed by atoms with Gasteiger partial charge in [0.15, 0.2) is 0 Å². The molecule has 5 nitrogen and oxygen atoms in total. The van der Waals surface area contributed by atoms with Gasteiger partial charge in [-0.05, 0) is 42.9 Å². The molecule has 0 spiro atoms.